The summed E-state index contributed by atoms with van der Waals surface area (Å²) in [5, 5.41) is 0. The van der Waals surface area contributed by atoms with E-state index in [0.717, 1.165) is 11.1 Å². The molecule has 126 valence electrons. The lowest BCUT2D eigenvalue weighted by atomic mass is 9.88. The Morgan fingerprint density at radius 3 is 2.38 bits per heavy atom. The van der Waals surface area contributed by atoms with Crippen LogP contribution in [0.5, 0.6) is 11.5 Å². The first-order chi connectivity index (χ1) is 11.5. The zero-order valence-electron chi connectivity index (χ0n) is 13.5. The normalized spacial score (nSPS) is 19.8. The van der Waals surface area contributed by atoms with Crippen molar-refractivity contribution in [3.05, 3.63) is 59.4 Å². The van der Waals surface area contributed by atoms with Crippen molar-refractivity contribution in [2.24, 2.45) is 5.73 Å². The van der Waals surface area contributed by atoms with Gasteiger partial charge in [0.1, 0.15) is 11.9 Å². The number of methoxy groups -OCH3 is 2. The van der Waals surface area contributed by atoms with E-state index in [2.05, 4.69) is 0 Å². The van der Waals surface area contributed by atoms with Gasteiger partial charge in [-0.2, -0.15) is 0 Å². The van der Waals surface area contributed by atoms with Gasteiger partial charge in [0.15, 0.2) is 11.5 Å². The van der Waals surface area contributed by atoms with Gasteiger partial charge in [0.05, 0.1) is 20.3 Å². The Morgan fingerprint density at radius 2 is 1.75 bits per heavy atom. The molecule has 2 aromatic rings. The third kappa shape index (κ3) is 2.80. The lowest BCUT2D eigenvalue weighted by molar-refractivity contribution is -0.150. The number of likely N-dealkylation sites (tertiary alicyclic amines) is 1. The fraction of sp³-hybridized carbons (Fsp3) is 0.278. The summed E-state index contributed by atoms with van der Waals surface area (Å²) < 4.78 is 23.6. The summed E-state index contributed by atoms with van der Waals surface area (Å²) in [6.45, 7) is 0.381. The van der Waals surface area contributed by atoms with Crippen LogP contribution in [0, 0.1) is 5.82 Å². The second-order valence-electron chi connectivity index (χ2n) is 5.68. The fourth-order valence-corrected chi connectivity index (χ4v) is 2.96. The van der Waals surface area contributed by atoms with Crippen LogP contribution in [0.4, 0.5) is 4.39 Å². The second-order valence-corrected chi connectivity index (χ2v) is 5.68. The molecule has 3 rings (SSSR count). The molecule has 0 radical (unpaired) electrons. The predicted molar refractivity (Wildman–Crippen MR) is 87.2 cm³/mol. The maximum absolute atomic E-state index is 13.0. The summed E-state index contributed by atoms with van der Waals surface area (Å²) in [6.07, 6.45) is 0. The second kappa shape index (κ2) is 6.49. The lowest BCUT2D eigenvalue weighted by Crippen LogP contribution is -2.62. The topological polar surface area (TPSA) is 64.8 Å². The largest absolute Gasteiger partial charge is 0.493 e. The molecule has 1 aliphatic rings. The van der Waals surface area contributed by atoms with Crippen LogP contribution in [0.25, 0.3) is 0 Å². The number of nitrogens with zero attached hydrogens (tertiary/aromatic N) is 1. The Morgan fingerprint density at radius 1 is 1.08 bits per heavy atom. The van der Waals surface area contributed by atoms with Crippen molar-refractivity contribution in [1.82, 2.24) is 4.90 Å². The maximum Gasteiger partial charge on any atom is 0.242 e. The molecule has 1 heterocycles. The van der Waals surface area contributed by atoms with Gasteiger partial charge in [-0.25, -0.2) is 4.39 Å². The monoisotopic (exact) mass is 330 g/mol. The molecule has 2 atom stereocenters. The Balaban J connectivity index is 1.85. The van der Waals surface area contributed by atoms with Gasteiger partial charge in [0, 0.05) is 6.54 Å². The van der Waals surface area contributed by atoms with Gasteiger partial charge in [-0.15, -0.1) is 0 Å². The highest BCUT2D eigenvalue weighted by Crippen LogP contribution is 2.38. The molecular weight excluding hydrogens is 311 g/mol. The number of carbonyl (C=O) groups is 1. The molecule has 6 heteroatoms. The number of carbonyl (C=O) groups excluding carboxylic acids is 1. The molecule has 0 spiro atoms. The summed E-state index contributed by atoms with van der Waals surface area (Å²) in [5.41, 5.74) is 7.73. The van der Waals surface area contributed by atoms with Crippen LogP contribution in [-0.2, 0) is 11.3 Å². The third-order valence-electron chi connectivity index (χ3n) is 4.26. The van der Waals surface area contributed by atoms with Crippen molar-refractivity contribution >= 4 is 5.91 Å². The molecule has 1 saturated heterocycles. The Hall–Kier alpha value is -2.60. The van der Waals surface area contributed by atoms with Crippen LogP contribution in [0.2, 0.25) is 0 Å². The zero-order chi connectivity index (χ0) is 17.3. The zero-order valence-corrected chi connectivity index (χ0v) is 13.5. The number of ether oxygens (including phenoxy) is 2. The number of nitrogens with two attached hydrogens (primary N) is 1. The summed E-state index contributed by atoms with van der Waals surface area (Å²) >= 11 is 0. The van der Waals surface area contributed by atoms with Crippen LogP contribution in [0.1, 0.15) is 17.2 Å². The van der Waals surface area contributed by atoms with Crippen LogP contribution in [-0.4, -0.2) is 31.1 Å². The predicted octanol–water partition coefficient (Wildman–Crippen LogP) is 2.25. The van der Waals surface area contributed by atoms with Crippen LogP contribution < -0.4 is 15.2 Å². The number of halogens is 1. The summed E-state index contributed by atoms with van der Waals surface area (Å²) in [4.78, 5) is 13.8. The van der Waals surface area contributed by atoms with Crippen molar-refractivity contribution in [2.75, 3.05) is 14.2 Å². The van der Waals surface area contributed by atoms with Crippen molar-refractivity contribution in [1.29, 1.82) is 0 Å². The number of benzene rings is 2. The Labute approximate surface area is 139 Å². The minimum Gasteiger partial charge on any atom is -0.493 e. The summed E-state index contributed by atoms with van der Waals surface area (Å²) in [7, 11) is 3.13. The molecule has 2 aromatic carbocycles. The number of rotatable bonds is 5. The van der Waals surface area contributed by atoms with E-state index in [0.29, 0.717) is 18.0 Å². The standard InChI is InChI=1S/C18H19FN2O3/c1-23-14-8-5-12(9-15(14)24-2)17-16(20)18(22)21(17)10-11-3-6-13(19)7-4-11/h3-9,16-17H,10,20H2,1-2H3/t16-,17-/m0/s1. The van der Waals surface area contributed by atoms with E-state index in [9.17, 15) is 9.18 Å². The lowest BCUT2D eigenvalue weighted by Gasteiger charge is -2.46. The third-order valence-corrected chi connectivity index (χ3v) is 4.26. The highest BCUT2D eigenvalue weighted by Gasteiger charge is 2.45. The SMILES string of the molecule is COc1ccc([C@H]2[C@H](N)C(=O)N2Cc2ccc(F)cc2)cc1OC. The Bertz CT molecular complexity index is 748. The van der Waals surface area contributed by atoms with E-state index < -0.39 is 6.04 Å². The van der Waals surface area contributed by atoms with E-state index in [4.69, 9.17) is 15.2 Å². The van der Waals surface area contributed by atoms with E-state index in [-0.39, 0.29) is 17.8 Å². The van der Waals surface area contributed by atoms with E-state index in [1.807, 2.05) is 12.1 Å². The quantitative estimate of drug-likeness (QED) is 0.854. The first-order valence-corrected chi connectivity index (χ1v) is 7.57. The van der Waals surface area contributed by atoms with Gasteiger partial charge in [0.25, 0.3) is 0 Å². The van der Waals surface area contributed by atoms with Gasteiger partial charge >= 0.3 is 0 Å². The van der Waals surface area contributed by atoms with E-state index in [1.54, 1.807) is 37.3 Å². The molecule has 0 aromatic heterocycles. The molecule has 24 heavy (non-hydrogen) atoms. The van der Waals surface area contributed by atoms with Gasteiger partial charge in [-0.1, -0.05) is 18.2 Å². The maximum atomic E-state index is 13.0. The van der Waals surface area contributed by atoms with Crippen molar-refractivity contribution in [3.8, 4) is 11.5 Å². The molecule has 1 aliphatic heterocycles. The molecule has 0 bridgehead atoms. The number of β-lactam (4-membered cyclic amide) rings is 1. The minimum atomic E-state index is -0.594. The average Bonchev–Trinajstić information content (AvgIpc) is 2.62. The fourth-order valence-electron chi connectivity index (χ4n) is 2.96. The van der Waals surface area contributed by atoms with E-state index in [1.165, 1.54) is 12.1 Å². The molecule has 0 saturated carbocycles. The summed E-state index contributed by atoms with van der Waals surface area (Å²) in [5.74, 6) is 0.773. The smallest absolute Gasteiger partial charge is 0.242 e. The van der Waals surface area contributed by atoms with Crippen molar-refractivity contribution < 1.29 is 18.7 Å². The molecule has 2 N–H and O–H groups in total. The molecule has 0 unspecified atom stereocenters. The van der Waals surface area contributed by atoms with E-state index >= 15 is 0 Å². The van der Waals surface area contributed by atoms with Gasteiger partial charge in [-0.3, -0.25) is 4.79 Å². The highest BCUT2D eigenvalue weighted by atomic mass is 19.1. The van der Waals surface area contributed by atoms with Gasteiger partial charge < -0.3 is 20.1 Å². The molecule has 0 aliphatic carbocycles. The van der Waals surface area contributed by atoms with Gasteiger partial charge in [0.2, 0.25) is 5.91 Å². The molecular formula is C18H19FN2O3. The Kier molecular flexibility index (Phi) is 4.40. The minimum absolute atomic E-state index is 0.126. The molecule has 1 amide bonds. The van der Waals surface area contributed by atoms with Crippen LogP contribution >= 0.6 is 0 Å². The molecule has 5 nitrogen and oxygen atoms in total. The van der Waals surface area contributed by atoms with Crippen molar-refractivity contribution in [3.63, 3.8) is 0 Å². The molecule has 1 fully saturated rings. The van der Waals surface area contributed by atoms with Crippen LogP contribution in [0.15, 0.2) is 42.5 Å². The first kappa shape index (κ1) is 16.3. The van der Waals surface area contributed by atoms with Crippen LogP contribution in [0.3, 0.4) is 0 Å². The average molecular weight is 330 g/mol. The first-order valence-electron chi connectivity index (χ1n) is 7.57. The summed E-state index contributed by atoms with van der Waals surface area (Å²) in [6, 6.07) is 10.7. The highest BCUT2D eigenvalue weighted by molar-refractivity contribution is 5.89. The number of amides is 1. The number of hydrogen-bond acceptors (Lipinski definition) is 4. The van der Waals surface area contributed by atoms with Gasteiger partial charge in [-0.05, 0) is 35.4 Å². The number of hydrogen-bond donors (Lipinski definition) is 1. The van der Waals surface area contributed by atoms with Crippen molar-refractivity contribution in [2.45, 2.75) is 18.6 Å².